The Hall–Kier alpha value is -0.580. The highest BCUT2D eigenvalue weighted by Crippen LogP contribution is 2.45. The molecule has 0 heterocycles. The van der Waals surface area contributed by atoms with Crippen molar-refractivity contribution in [2.75, 3.05) is 26.7 Å². The van der Waals surface area contributed by atoms with Gasteiger partial charge in [0.25, 0.3) is 0 Å². The molecule has 130 valence electrons. The smallest absolute Gasteiger partial charge is 0.157 e. The maximum Gasteiger partial charge on any atom is 0.157 e. The highest BCUT2D eigenvalue weighted by atomic mass is 79.9. The van der Waals surface area contributed by atoms with E-state index < -0.39 is 0 Å². The van der Waals surface area contributed by atoms with Crippen molar-refractivity contribution in [3.8, 4) is 5.75 Å². The van der Waals surface area contributed by atoms with Gasteiger partial charge in [-0.1, -0.05) is 42.6 Å². The molecule has 1 aliphatic carbocycles. The van der Waals surface area contributed by atoms with Crippen molar-refractivity contribution in [1.82, 2.24) is 4.90 Å². The van der Waals surface area contributed by atoms with Gasteiger partial charge in [-0.15, -0.1) is 12.4 Å². The molecule has 0 unspecified atom stereocenters. The molecule has 1 aromatic carbocycles. The van der Waals surface area contributed by atoms with Gasteiger partial charge in [0, 0.05) is 4.47 Å². The number of carbonyl (C=O) groups is 1. The van der Waals surface area contributed by atoms with E-state index in [2.05, 4.69) is 34.7 Å². The van der Waals surface area contributed by atoms with Gasteiger partial charge in [-0.2, -0.15) is 0 Å². The number of hydrogen-bond acceptors (Lipinski definition) is 3. The molecule has 1 saturated carbocycles. The zero-order valence-corrected chi connectivity index (χ0v) is 16.6. The number of nitrogens with zero attached hydrogens (tertiary/aromatic N) is 1. The van der Waals surface area contributed by atoms with Crippen LogP contribution in [0.15, 0.2) is 22.7 Å². The van der Waals surface area contributed by atoms with Crippen LogP contribution in [-0.2, 0) is 10.2 Å². The van der Waals surface area contributed by atoms with Crippen LogP contribution in [0.2, 0.25) is 0 Å². The second-order valence-corrected chi connectivity index (χ2v) is 6.87. The van der Waals surface area contributed by atoms with Crippen LogP contribution in [0, 0.1) is 0 Å². The van der Waals surface area contributed by atoms with Crippen LogP contribution in [0.25, 0.3) is 0 Å². The van der Waals surface area contributed by atoms with Crippen molar-refractivity contribution < 1.29 is 9.53 Å². The molecule has 0 aliphatic heterocycles. The van der Waals surface area contributed by atoms with Gasteiger partial charge in [0.1, 0.15) is 5.75 Å². The Labute approximate surface area is 154 Å². The molecule has 0 atom stereocenters. The van der Waals surface area contributed by atoms with Crippen LogP contribution >= 0.6 is 28.3 Å². The van der Waals surface area contributed by atoms with Crippen LogP contribution in [-0.4, -0.2) is 37.4 Å². The summed E-state index contributed by atoms with van der Waals surface area (Å²) in [4.78, 5) is 15.3. The number of rotatable bonds is 7. The summed E-state index contributed by atoms with van der Waals surface area (Å²) in [6.07, 6.45) is 4.12. The molecule has 0 aromatic heterocycles. The standard InChI is InChI=1S/C18H26BrNO2.ClH/c1-4-20(5-2)13-17(21)18(10-6-7-11-18)15-12-14(22-3)8-9-16(15)19;/h8-9,12H,4-7,10-11,13H2,1-3H3;1H. The molecule has 1 fully saturated rings. The predicted molar refractivity (Wildman–Crippen MR) is 101 cm³/mol. The number of Topliss-reactive ketones (excluding diaryl/α,β-unsaturated/α-hetero) is 1. The Morgan fingerprint density at radius 1 is 1.26 bits per heavy atom. The fourth-order valence-corrected chi connectivity index (χ4v) is 4.10. The minimum absolute atomic E-state index is 0. The predicted octanol–water partition coefficient (Wildman–Crippen LogP) is 4.60. The molecule has 0 N–H and O–H groups in total. The second-order valence-electron chi connectivity index (χ2n) is 6.02. The van der Waals surface area contributed by atoms with E-state index in [9.17, 15) is 4.79 Å². The van der Waals surface area contributed by atoms with E-state index in [0.717, 1.165) is 54.6 Å². The van der Waals surface area contributed by atoms with Crippen molar-refractivity contribution in [3.63, 3.8) is 0 Å². The van der Waals surface area contributed by atoms with E-state index in [1.807, 2.05) is 18.2 Å². The molecule has 1 aliphatic rings. The van der Waals surface area contributed by atoms with Gasteiger partial charge in [-0.25, -0.2) is 0 Å². The first kappa shape index (κ1) is 20.5. The second kappa shape index (κ2) is 9.05. The number of ketones is 1. The number of carbonyl (C=O) groups excluding carboxylic acids is 1. The Morgan fingerprint density at radius 3 is 2.39 bits per heavy atom. The Bertz CT molecular complexity index is 526. The minimum atomic E-state index is -0.351. The van der Waals surface area contributed by atoms with Crippen LogP contribution < -0.4 is 4.74 Å². The van der Waals surface area contributed by atoms with E-state index in [0.29, 0.717) is 12.3 Å². The molecule has 0 amide bonds. The lowest BCUT2D eigenvalue weighted by Crippen LogP contribution is -2.41. The zero-order valence-electron chi connectivity index (χ0n) is 14.2. The molecule has 5 heteroatoms. The highest BCUT2D eigenvalue weighted by molar-refractivity contribution is 9.10. The third-order valence-corrected chi connectivity index (χ3v) is 5.63. The molecule has 23 heavy (non-hydrogen) atoms. The first-order valence-electron chi connectivity index (χ1n) is 8.17. The van der Waals surface area contributed by atoms with Crippen LogP contribution in [0.5, 0.6) is 5.75 Å². The molecule has 0 bridgehead atoms. The third-order valence-electron chi connectivity index (χ3n) is 4.94. The highest BCUT2D eigenvalue weighted by Gasteiger charge is 2.43. The van der Waals surface area contributed by atoms with Crippen molar-refractivity contribution >= 4 is 34.1 Å². The van der Waals surface area contributed by atoms with E-state index in [1.165, 1.54) is 0 Å². The summed E-state index contributed by atoms with van der Waals surface area (Å²) in [6.45, 7) is 6.59. The van der Waals surface area contributed by atoms with Crippen molar-refractivity contribution in [2.24, 2.45) is 0 Å². The molecule has 2 rings (SSSR count). The Morgan fingerprint density at radius 2 is 1.87 bits per heavy atom. The number of hydrogen-bond donors (Lipinski definition) is 0. The SMILES string of the molecule is CCN(CC)CC(=O)C1(c2cc(OC)ccc2Br)CCCC1.Cl. The summed E-state index contributed by atoms with van der Waals surface area (Å²) in [5.41, 5.74) is 0.747. The monoisotopic (exact) mass is 403 g/mol. The van der Waals surface area contributed by atoms with Gasteiger partial charge in [-0.05, 0) is 49.7 Å². The number of benzene rings is 1. The molecule has 0 saturated heterocycles. The fourth-order valence-electron chi connectivity index (χ4n) is 3.48. The quantitative estimate of drug-likeness (QED) is 0.665. The van der Waals surface area contributed by atoms with Gasteiger partial charge >= 0.3 is 0 Å². The zero-order chi connectivity index (χ0) is 16.2. The van der Waals surface area contributed by atoms with E-state index in [1.54, 1.807) is 7.11 Å². The van der Waals surface area contributed by atoms with Crippen LogP contribution in [0.1, 0.15) is 45.1 Å². The van der Waals surface area contributed by atoms with E-state index in [-0.39, 0.29) is 17.8 Å². The largest absolute Gasteiger partial charge is 0.497 e. The molecule has 0 spiro atoms. The summed E-state index contributed by atoms with van der Waals surface area (Å²) < 4.78 is 6.39. The lowest BCUT2D eigenvalue weighted by atomic mass is 9.75. The maximum atomic E-state index is 13.1. The van der Waals surface area contributed by atoms with E-state index in [4.69, 9.17) is 4.74 Å². The normalized spacial score (nSPS) is 16.2. The summed E-state index contributed by atoms with van der Waals surface area (Å²) in [5.74, 6) is 1.17. The van der Waals surface area contributed by atoms with Crippen LogP contribution in [0.3, 0.4) is 0 Å². The lowest BCUT2D eigenvalue weighted by molar-refractivity contribution is -0.125. The Balaban J connectivity index is 0.00000264. The topological polar surface area (TPSA) is 29.5 Å². The van der Waals surface area contributed by atoms with Gasteiger partial charge in [0.2, 0.25) is 0 Å². The molecule has 0 radical (unpaired) electrons. The van der Waals surface area contributed by atoms with Gasteiger partial charge in [0.05, 0.1) is 19.1 Å². The van der Waals surface area contributed by atoms with Gasteiger partial charge in [-0.3, -0.25) is 9.69 Å². The molecular weight excluding hydrogens is 378 g/mol. The number of ether oxygens (including phenoxy) is 1. The number of likely N-dealkylation sites (N-methyl/N-ethyl adjacent to an activating group) is 1. The fraction of sp³-hybridized carbons (Fsp3) is 0.611. The first-order valence-corrected chi connectivity index (χ1v) is 8.96. The number of methoxy groups -OCH3 is 1. The van der Waals surface area contributed by atoms with Gasteiger partial charge < -0.3 is 4.74 Å². The van der Waals surface area contributed by atoms with E-state index >= 15 is 0 Å². The lowest BCUT2D eigenvalue weighted by Gasteiger charge is -2.32. The average molecular weight is 405 g/mol. The van der Waals surface area contributed by atoms with Gasteiger partial charge in [0.15, 0.2) is 5.78 Å². The molecule has 3 nitrogen and oxygen atoms in total. The third kappa shape index (κ3) is 4.28. The van der Waals surface area contributed by atoms with Crippen molar-refractivity contribution in [3.05, 3.63) is 28.2 Å². The Kier molecular flexibility index (Phi) is 8.05. The summed E-state index contributed by atoms with van der Waals surface area (Å²) >= 11 is 3.65. The minimum Gasteiger partial charge on any atom is -0.497 e. The van der Waals surface area contributed by atoms with Crippen LogP contribution in [0.4, 0.5) is 0 Å². The average Bonchev–Trinajstić information content (AvgIpc) is 3.03. The maximum absolute atomic E-state index is 13.1. The van der Waals surface area contributed by atoms with Crippen molar-refractivity contribution in [1.29, 1.82) is 0 Å². The first-order chi connectivity index (χ1) is 10.6. The molecular formula is C18H27BrClNO2. The summed E-state index contributed by atoms with van der Waals surface area (Å²) in [5, 5.41) is 0. The molecule has 1 aromatic rings. The summed E-state index contributed by atoms with van der Waals surface area (Å²) in [6, 6.07) is 5.97. The van der Waals surface area contributed by atoms with Crippen molar-refractivity contribution in [2.45, 2.75) is 44.9 Å². The number of halogens is 2. The summed E-state index contributed by atoms with van der Waals surface area (Å²) in [7, 11) is 1.67.